The van der Waals surface area contributed by atoms with Crippen LogP contribution in [-0.4, -0.2) is 33.5 Å². The number of carboxylic acid groups (broad SMARTS) is 1. The van der Waals surface area contributed by atoms with Gasteiger partial charge < -0.3 is 15.3 Å². The molecule has 0 bridgehead atoms. The Balaban J connectivity index is 1.64. The van der Waals surface area contributed by atoms with Gasteiger partial charge in [0, 0.05) is 11.9 Å². The zero-order valence-electron chi connectivity index (χ0n) is 21.5. The van der Waals surface area contributed by atoms with E-state index in [9.17, 15) is 15.0 Å². The molecule has 0 radical (unpaired) electrons. The highest BCUT2D eigenvalue weighted by Crippen LogP contribution is 2.68. The van der Waals surface area contributed by atoms with E-state index in [0.29, 0.717) is 18.3 Å². The van der Waals surface area contributed by atoms with Crippen LogP contribution in [0.2, 0.25) is 0 Å². The maximum absolute atomic E-state index is 11.3. The Morgan fingerprint density at radius 2 is 1.86 bits per heavy atom. The highest BCUT2D eigenvalue weighted by Gasteiger charge is 2.62. The average Bonchev–Trinajstić information content (AvgIpc) is 3.03. The van der Waals surface area contributed by atoms with Crippen LogP contribution in [0.4, 0.5) is 0 Å². The number of aliphatic carboxylic acids is 1. The van der Waals surface area contributed by atoms with Gasteiger partial charge in [-0.1, -0.05) is 20.8 Å². The largest absolute Gasteiger partial charge is 0.481 e. The van der Waals surface area contributed by atoms with Crippen molar-refractivity contribution in [1.29, 1.82) is 0 Å². The molecule has 160 valence electrons. The predicted molar refractivity (Wildman–Crippen MR) is 109 cm³/mol. The summed E-state index contributed by atoms with van der Waals surface area (Å²) in [5, 5.41) is 31.0. The molecular weight excluding hydrogens is 352 g/mol. The van der Waals surface area contributed by atoms with Gasteiger partial charge >= 0.3 is 5.97 Å². The molecular formula is C24H40O4. The van der Waals surface area contributed by atoms with Crippen molar-refractivity contribution in [3.63, 3.8) is 0 Å². The zero-order valence-corrected chi connectivity index (χ0v) is 17.5. The van der Waals surface area contributed by atoms with Crippen molar-refractivity contribution in [2.24, 2.45) is 46.3 Å². The van der Waals surface area contributed by atoms with E-state index in [1.54, 1.807) is 0 Å². The molecule has 10 atom stereocenters. The lowest BCUT2D eigenvalue weighted by molar-refractivity contribution is -0.174. The second-order valence-electron chi connectivity index (χ2n) is 10.7. The summed E-state index contributed by atoms with van der Waals surface area (Å²) < 4.78 is 34.0. The van der Waals surface area contributed by atoms with Crippen LogP contribution in [0.3, 0.4) is 0 Å². The predicted octanol–water partition coefficient (Wildman–Crippen LogP) is 4.48. The third-order valence-corrected chi connectivity index (χ3v) is 9.51. The van der Waals surface area contributed by atoms with Gasteiger partial charge in [0.15, 0.2) is 0 Å². The van der Waals surface area contributed by atoms with Gasteiger partial charge in [-0.25, -0.2) is 0 Å². The Morgan fingerprint density at radius 3 is 2.57 bits per heavy atom. The van der Waals surface area contributed by atoms with Gasteiger partial charge in [-0.3, -0.25) is 4.79 Å². The molecule has 3 N–H and O–H groups in total. The van der Waals surface area contributed by atoms with Gasteiger partial charge in [0.1, 0.15) is 0 Å². The molecule has 0 spiro atoms. The number of carbonyl (C=O) groups is 1. The summed E-state index contributed by atoms with van der Waals surface area (Å²) in [4.78, 5) is 11.1. The zero-order chi connectivity index (χ0) is 23.9. The minimum atomic E-state index is -2.08. The number of rotatable bonds is 4. The second kappa shape index (κ2) is 7.27. The lowest BCUT2D eigenvalue weighted by atomic mass is 9.43. The van der Waals surface area contributed by atoms with Crippen molar-refractivity contribution < 1.29 is 25.6 Å². The van der Waals surface area contributed by atoms with E-state index >= 15 is 0 Å². The van der Waals surface area contributed by atoms with E-state index in [-0.39, 0.29) is 42.4 Å². The van der Waals surface area contributed by atoms with E-state index in [2.05, 4.69) is 13.8 Å². The summed E-state index contributed by atoms with van der Waals surface area (Å²) >= 11 is 0. The maximum atomic E-state index is 11.3. The first kappa shape index (κ1) is 16.1. The fraction of sp³-hybridized carbons (Fsp3) is 0.958. The number of aliphatic hydroxyl groups is 2. The lowest BCUT2D eigenvalue weighted by Gasteiger charge is -2.62. The molecule has 4 heteroatoms. The third kappa shape index (κ3) is 3.14. The summed E-state index contributed by atoms with van der Waals surface area (Å²) in [6.07, 6.45) is -1.38. The van der Waals surface area contributed by atoms with Gasteiger partial charge in [0.2, 0.25) is 0 Å². The second-order valence-corrected chi connectivity index (χ2v) is 10.7. The van der Waals surface area contributed by atoms with E-state index < -0.39 is 42.3 Å². The van der Waals surface area contributed by atoms with E-state index in [4.69, 9.17) is 10.6 Å². The van der Waals surface area contributed by atoms with Crippen molar-refractivity contribution in [2.75, 3.05) is 0 Å². The Hall–Kier alpha value is -0.610. The van der Waals surface area contributed by atoms with Crippen LogP contribution in [0.25, 0.3) is 0 Å². The fourth-order valence-corrected chi connectivity index (χ4v) is 8.03. The monoisotopic (exact) mass is 396 g/mol. The fourth-order valence-electron chi connectivity index (χ4n) is 8.03. The van der Waals surface area contributed by atoms with Crippen molar-refractivity contribution in [3.8, 4) is 0 Å². The maximum Gasteiger partial charge on any atom is 0.303 e. The molecule has 0 aliphatic heterocycles. The number of fused-ring (bicyclic) bond motifs is 5. The quantitative estimate of drug-likeness (QED) is 0.655. The normalized spacial score (nSPS) is 57.4. The third-order valence-electron chi connectivity index (χ3n) is 9.51. The van der Waals surface area contributed by atoms with Gasteiger partial charge in [0.25, 0.3) is 0 Å². The molecule has 0 aromatic heterocycles. The summed E-state index contributed by atoms with van der Waals surface area (Å²) in [7, 11) is 0. The lowest BCUT2D eigenvalue weighted by Crippen LogP contribution is -2.58. The Kier molecular flexibility index (Phi) is 4.19. The van der Waals surface area contributed by atoms with E-state index in [1.807, 2.05) is 6.92 Å². The van der Waals surface area contributed by atoms with E-state index in [0.717, 1.165) is 25.7 Å². The molecule has 4 saturated carbocycles. The van der Waals surface area contributed by atoms with Crippen LogP contribution in [0, 0.1) is 46.3 Å². The number of aliphatic hydroxyl groups excluding tert-OH is 2. The van der Waals surface area contributed by atoms with Gasteiger partial charge in [-0.15, -0.1) is 0 Å². The first-order valence-corrected chi connectivity index (χ1v) is 11.2. The average molecular weight is 397 g/mol. The van der Waals surface area contributed by atoms with Gasteiger partial charge in [-0.05, 0) is 104 Å². The van der Waals surface area contributed by atoms with Gasteiger partial charge in [0.05, 0.1) is 12.2 Å². The minimum Gasteiger partial charge on any atom is -0.481 e. The summed E-state index contributed by atoms with van der Waals surface area (Å²) in [5.41, 5.74) is -0.583. The topological polar surface area (TPSA) is 77.8 Å². The van der Waals surface area contributed by atoms with Crippen molar-refractivity contribution >= 4 is 5.97 Å². The molecule has 4 nitrogen and oxygen atoms in total. The molecule has 0 aromatic carbocycles. The summed E-state index contributed by atoms with van der Waals surface area (Å²) in [5.74, 6) is -0.291. The summed E-state index contributed by atoms with van der Waals surface area (Å²) in [6.45, 7) is 6.48. The standard InChI is InChI=1S/C24H40O4/c1-14(4-7-21(27)28)17-5-6-18-22-19(9-11-24(17,18)3)23(2)10-8-16(25)12-15(23)13-20(22)26/h14-20,22,25-26H,4-13H2,1-3H3,(H,27,28)/i8D2,12D2. The molecule has 10 unspecified atom stereocenters. The molecule has 4 fully saturated rings. The molecule has 4 aliphatic carbocycles. The molecule has 4 aliphatic rings. The Labute approximate surface area is 175 Å². The van der Waals surface area contributed by atoms with Crippen molar-refractivity contribution in [1.82, 2.24) is 0 Å². The van der Waals surface area contributed by atoms with Crippen LogP contribution >= 0.6 is 0 Å². The number of hydrogen-bond acceptors (Lipinski definition) is 3. The SMILES string of the molecule is [2H]C1([2H])CC2(C)C3CCC4(C)C(C(C)CCC(=O)O)CCC4C3C(O)CC2C([2H])([2H])C1O. The van der Waals surface area contributed by atoms with Crippen LogP contribution in [0.5, 0.6) is 0 Å². The summed E-state index contributed by atoms with van der Waals surface area (Å²) in [6, 6.07) is 0. The van der Waals surface area contributed by atoms with Crippen LogP contribution in [-0.2, 0) is 4.79 Å². The van der Waals surface area contributed by atoms with Crippen LogP contribution < -0.4 is 0 Å². The Bertz CT molecular complexity index is 760. The molecule has 4 rings (SSSR count). The van der Waals surface area contributed by atoms with E-state index in [1.165, 1.54) is 0 Å². The number of carboxylic acids is 1. The Morgan fingerprint density at radius 1 is 1.14 bits per heavy atom. The highest BCUT2D eigenvalue weighted by atomic mass is 16.4. The van der Waals surface area contributed by atoms with Crippen molar-refractivity contribution in [2.45, 2.75) is 97.1 Å². The number of hydrogen-bond donors (Lipinski definition) is 3. The highest BCUT2D eigenvalue weighted by molar-refractivity contribution is 5.66. The van der Waals surface area contributed by atoms with Crippen LogP contribution in [0.15, 0.2) is 0 Å². The van der Waals surface area contributed by atoms with Crippen molar-refractivity contribution in [3.05, 3.63) is 0 Å². The molecule has 28 heavy (non-hydrogen) atoms. The first-order valence-electron chi connectivity index (χ1n) is 13.2. The molecule has 0 aromatic rings. The van der Waals surface area contributed by atoms with Crippen LogP contribution in [0.1, 0.15) is 90.4 Å². The smallest absolute Gasteiger partial charge is 0.303 e. The van der Waals surface area contributed by atoms with Gasteiger partial charge in [-0.2, -0.15) is 0 Å². The first-order chi connectivity index (χ1) is 14.7. The molecule has 0 heterocycles. The minimum absolute atomic E-state index is 0.00789. The molecule has 0 saturated heterocycles. The molecule has 0 amide bonds.